The molecular formula is C20H21N5O4S. The molecule has 0 atom stereocenters. The summed E-state index contributed by atoms with van der Waals surface area (Å²) < 4.78 is 0. The first-order valence-electron chi connectivity index (χ1n) is 8.70. The van der Waals surface area contributed by atoms with E-state index in [1.165, 1.54) is 16.7 Å². The third kappa shape index (κ3) is 6.99. The second kappa shape index (κ2) is 10.7. The van der Waals surface area contributed by atoms with Gasteiger partial charge in [0, 0.05) is 37.5 Å². The van der Waals surface area contributed by atoms with E-state index in [9.17, 15) is 0 Å². The maximum Gasteiger partial charge on any atom is 0.300 e. The van der Waals surface area contributed by atoms with E-state index in [-0.39, 0.29) is 5.95 Å². The lowest BCUT2D eigenvalue weighted by Crippen LogP contribution is -2.00. The summed E-state index contributed by atoms with van der Waals surface area (Å²) in [4.78, 5) is 30.5. The highest BCUT2D eigenvalue weighted by molar-refractivity contribution is 7.08. The molecule has 0 bridgehead atoms. The summed E-state index contributed by atoms with van der Waals surface area (Å²) >= 11 is 1.69. The number of nitrogen functional groups attached to an aromatic ring is 1. The Labute approximate surface area is 177 Å². The van der Waals surface area contributed by atoms with Crippen molar-refractivity contribution in [2.75, 3.05) is 11.1 Å². The Kier molecular flexibility index (Phi) is 8.00. The van der Waals surface area contributed by atoms with E-state index in [2.05, 4.69) is 49.2 Å². The van der Waals surface area contributed by atoms with Gasteiger partial charge in [-0.3, -0.25) is 14.6 Å². The van der Waals surface area contributed by atoms with Crippen LogP contribution in [0.3, 0.4) is 0 Å². The van der Waals surface area contributed by atoms with Crippen molar-refractivity contribution in [3.8, 4) is 11.1 Å². The molecule has 0 aliphatic carbocycles. The van der Waals surface area contributed by atoms with Crippen molar-refractivity contribution < 1.29 is 19.8 Å². The summed E-state index contributed by atoms with van der Waals surface area (Å²) in [5.41, 5.74) is 11.4. The van der Waals surface area contributed by atoms with Gasteiger partial charge in [-0.05, 0) is 51.7 Å². The van der Waals surface area contributed by atoms with Gasteiger partial charge < -0.3 is 21.3 Å². The molecule has 1 aliphatic heterocycles. The number of carboxylic acid groups (broad SMARTS) is 2. The SMILES string of the molecule is CC(=O)O.CC(=O)O.Nc1nccc(Nc2cc3c(c(-c4ccsc4)c2)CN=C3)n1. The molecule has 1 aliphatic rings. The van der Waals surface area contributed by atoms with Gasteiger partial charge in [-0.15, -0.1) is 0 Å². The highest BCUT2D eigenvalue weighted by Gasteiger charge is 2.15. The first-order valence-corrected chi connectivity index (χ1v) is 9.64. The Bertz CT molecular complexity index is 1030. The van der Waals surface area contributed by atoms with Gasteiger partial charge in [-0.25, -0.2) is 4.98 Å². The fourth-order valence-electron chi connectivity index (χ4n) is 2.56. The summed E-state index contributed by atoms with van der Waals surface area (Å²) in [5.74, 6) is -0.732. The van der Waals surface area contributed by atoms with Gasteiger partial charge in [0.15, 0.2) is 0 Å². The van der Waals surface area contributed by atoms with E-state index in [1.54, 1.807) is 23.6 Å². The van der Waals surface area contributed by atoms with Crippen LogP contribution < -0.4 is 11.1 Å². The number of nitrogens with one attached hydrogen (secondary N) is 1. The molecular weight excluding hydrogens is 406 g/mol. The molecule has 0 radical (unpaired) electrons. The van der Waals surface area contributed by atoms with Crippen molar-refractivity contribution >= 4 is 46.9 Å². The van der Waals surface area contributed by atoms with Crippen LogP contribution in [0.15, 0.2) is 46.2 Å². The molecule has 30 heavy (non-hydrogen) atoms. The largest absolute Gasteiger partial charge is 0.481 e. The first-order chi connectivity index (χ1) is 14.3. The zero-order valence-electron chi connectivity index (χ0n) is 16.4. The lowest BCUT2D eigenvalue weighted by atomic mass is 9.98. The molecule has 1 aromatic carbocycles. The number of aliphatic imine (C=N–C) groups is 1. The van der Waals surface area contributed by atoms with E-state index in [4.69, 9.17) is 25.5 Å². The van der Waals surface area contributed by atoms with Crippen LogP contribution >= 0.6 is 11.3 Å². The number of thiophene rings is 1. The zero-order chi connectivity index (χ0) is 22.1. The minimum absolute atomic E-state index is 0.255. The zero-order valence-corrected chi connectivity index (χ0v) is 17.2. The van der Waals surface area contributed by atoms with Crippen molar-refractivity contribution in [2.45, 2.75) is 20.4 Å². The average molecular weight is 427 g/mol. The third-order valence-electron chi connectivity index (χ3n) is 3.54. The summed E-state index contributed by atoms with van der Waals surface area (Å²) in [5, 5.41) is 22.4. The van der Waals surface area contributed by atoms with Crippen LogP contribution in [0.25, 0.3) is 11.1 Å². The number of hydrogen-bond acceptors (Lipinski definition) is 8. The van der Waals surface area contributed by atoms with Crippen LogP contribution in [-0.4, -0.2) is 38.3 Å². The monoisotopic (exact) mass is 427 g/mol. The number of nitrogens with zero attached hydrogens (tertiary/aromatic N) is 3. The second-order valence-electron chi connectivity index (χ2n) is 6.04. The summed E-state index contributed by atoms with van der Waals surface area (Å²) in [6.45, 7) is 2.90. The molecule has 0 saturated carbocycles. The maximum absolute atomic E-state index is 9.00. The van der Waals surface area contributed by atoms with Crippen LogP contribution in [0.2, 0.25) is 0 Å². The Hall–Kier alpha value is -3.79. The number of aliphatic carboxylic acids is 2. The molecule has 0 amide bonds. The van der Waals surface area contributed by atoms with E-state index in [1.807, 2.05) is 6.21 Å². The summed E-state index contributed by atoms with van der Waals surface area (Å²) in [6.07, 6.45) is 3.56. The molecule has 3 aromatic rings. The van der Waals surface area contributed by atoms with Gasteiger partial charge >= 0.3 is 0 Å². The van der Waals surface area contributed by atoms with Crippen molar-refractivity contribution in [2.24, 2.45) is 4.99 Å². The highest BCUT2D eigenvalue weighted by Crippen LogP contribution is 2.34. The van der Waals surface area contributed by atoms with Crippen LogP contribution in [0.4, 0.5) is 17.5 Å². The molecule has 4 rings (SSSR count). The number of benzene rings is 1. The lowest BCUT2D eigenvalue weighted by molar-refractivity contribution is -0.135. The highest BCUT2D eigenvalue weighted by atomic mass is 32.1. The second-order valence-corrected chi connectivity index (χ2v) is 6.82. The van der Waals surface area contributed by atoms with Gasteiger partial charge in [0.05, 0.1) is 6.54 Å². The molecule has 0 saturated heterocycles. The quantitative estimate of drug-likeness (QED) is 0.494. The predicted molar refractivity (Wildman–Crippen MR) is 117 cm³/mol. The van der Waals surface area contributed by atoms with E-state index < -0.39 is 11.9 Å². The maximum atomic E-state index is 9.00. The number of carboxylic acids is 2. The standard InChI is InChI=1S/C16H13N5S.2C2H4O2/c17-16-19-3-1-15(21-16)20-12-5-11-7-18-8-14(11)13(6-12)10-2-4-22-9-10;2*1-2(3)4/h1-7,9H,8H2,(H3,17,19,20,21);2*1H3,(H,3,4). The number of carbonyl (C=O) groups is 2. The Morgan fingerprint density at radius 2 is 1.87 bits per heavy atom. The van der Waals surface area contributed by atoms with Gasteiger partial charge in [0.25, 0.3) is 11.9 Å². The topological polar surface area (TPSA) is 151 Å². The fraction of sp³-hybridized carbons (Fsp3) is 0.150. The Morgan fingerprint density at radius 3 is 2.47 bits per heavy atom. The van der Waals surface area contributed by atoms with Gasteiger partial charge in [-0.1, -0.05) is 0 Å². The van der Waals surface area contributed by atoms with E-state index in [0.29, 0.717) is 5.82 Å². The summed E-state index contributed by atoms with van der Waals surface area (Å²) in [6, 6.07) is 8.14. The molecule has 0 fully saturated rings. The fourth-order valence-corrected chi connectivity index (χ4v) is 3.22. The van der Waals surface area contributed by atoms with Crippen LogP contribution in [0.5, 0.6) is 0 Å². The first kappa shape index (κ1) is 22.5. The number of hydrogen-bond donors (Lipinski definition) is 4. The van der Waals surface area contributed by atoms with Gasteiger partial charge in [-0.2, -0.15) is 16.3 Å². The molecule has 9 nitrogen and oxygen atoms in total. The molecule has 0 unspecified atom stereocenters. The van der Waals surface area contributed by atoms with Crippen molar-refractivity contribution in [3.63, 3.8) is 0 Å². The number of aromatic nitrogens is 2. The minimum atomic E-state index is -0.833. The number of anilines is 3. The van der Waals surface area contributed by atoms with Crippen LogP contribution in [0.1, 0.15) is 25.0 Å². The molecule has 3 heterocycles. The lowest BCUT2D eigenvalue weighted by Gasteiger charge is -2.12. The van der Waals surface area contributed by atoms with Crippen molar-refractivity contribution in [1.29, 1.82) is 0 Å². The Morgan fingerprint density at radius 1 is 1.17 bits per heavy atom. The number of rotatable bonds is 3. The average Bonchev–Trinajstić information content (AvgIpc) is 3.32. The van der Waals surface area contributed by atoms with Gasteiger partial charge in [0.1, 0.15) is 5.82 Å². The normalized spacial score (nSPS) is 10.7. The summed E-state index contributed by atoms with van der Waals surface area (Å²) in [7, 11) is 0. The molecule has 156 valence electrons. The van der Waals surface area contributed by atoms with Crippen molar-refractivity contribution in [3.05, 3.63) is 52.3 Å². The van der Waals surface area contributed by atoms with Gasteiger partial charge in [0.2, 0.25) is 5.95 Å². The third-order valence-corrected chi connectivity index (χ3v) is 4.23. The number of fused-ring (bicyclic) bond motifs is 1. The van der Waals surface area contributed by atoms with Crippen LogP contribution in [0, 0.1) is 0 Å². The van der Waals surface area contributed by atoms with E-state index >= 15 is 0 Å². The molecule has 2 aromatic heterocycles. The van der Waals surface area contributed by atoms with Crippen LogP contribution in [-0.2, 0) is 16.1 Å². The molecule has 0 spiro atoms. The van der Waals surface area contributed by atoms with Crippen molar-refractivity contribution in [1.82, 2.24) is 9.97 Å². The number of nitrogens with two attached hydrogens (primary N) is 1. The van der Waals surface area contributed by atoms with E-state index in [0.717, 1.165) is 31.6 Å². The molecule has 5 N–H and O–H groups in total. The molecule has 10 heteroatoms. The predicted octanol–water partition coefficient (Wildman–Crippen LogP) is 3.65. The minimum Gasteiger partial charge on any atom is -0.481 e. The Balaban J connectivity index is 0.000000347. The smallest absolute Gasteiger partial charge is 0.300 e.